The van der Waals surface area contributed by atoms with Crippen LogP contribution < -0.4 is 4.72 Å². The van der Waals surface area contributed by atoms with Gasteiger partial charge in [-0.15, -0.1) is 0 Å². The van der Waals surface area contributed by atoms with Crippen LogP contribution in [0.3, 0.4) is 0 Å². The van der Waals surface area contributed by atoms with E-state index >= 15 is 0 Å². The first kappa shape index (κ1) is 22.3. The minimum atomic E-state index is -3.72. The van der Waals surface area contributed by atoms with E-state index in [1.165, 1.54) is 37.4 Å². The third-order valence-corrected chi connectivity index (χ3v) is 5.88. The molecule has 6 nitrogen and oxygen atoms in total. The first-order chi connectivity index (χ1) is 13.1. The number of halogens is 2. The van der Waals surface area contributed by atoms with Crippen LogP contribution in [0.25, 0.3) is 0 Å². The van der Waals surface area contributed by atoms with Gasteiger partial charge in [-0.2, -0.15) is 0 Å². The van der Waals surface area contributed by atoms with Gasteiger partial charge in [0.2, 0.25) is 10.0 Å². The van der Waals surface area contributed by atoms with Gasteiger partial charge < -0.3 is 9.80 Å². The summed E-state index contributed by atoms with van der Waals surface area (Å²) < 4.78 is 39.5. The SMILES string of the molecule is CNS(=O)(=O)c1ccc(Cl)c(C(=O)N(CCN(C)C)Cc2ccc(F)cc2)c1. The van der Waals surface area contributed by atoms with Crippen molar-refractivity contribution in [3.8, 4) is 0 Å². The number of carbonyl (C=O) groups is 1. The molecule has 0 spiro atoms. The number of sulfonamides is 1. The number of rotatable bonds is 8. The van der Waals surface area contributed by atoms with E-state index in [2.05, 4.69) is 4.72 Å². The molecule has 0 aromatic heterocycles. The maximum Gasteiger partial charge on any atom is 0.255 e. The number of carbonyl (C=O) groups excluding carboxylic acids is 1. The summed E-state index contributed by atoms with van der Waals surface area (Å²) >= 11 is 6.19. The van der Waals surface area contributed by atoms with E-state index in [0.717, 1.165) is 5.56 Å². The standard InChI is InChI=1S/C19H23ClFN3O3S/c1-22-28(26,27)16-8-9-18(20)17(12-16)19(25)24(11-10-23(2)3)13-14-4-6-15(21)7-5-14/h4-9,12,22H,10-11,13H2,1-3H3. The molecule has 0 bridgehead atoms. The monoisotopic (exact) mass is 427 g/mol. The molecule has 0 heterocycles. The van der Waals surface area contributed by atoms with E-state index in [0.29, 0.717) is 13.1 Å². The first-order valence-corrected chi connectivity index (χ1v) is 10.4. The highest BCUT2D eigenvalue weighted by atomic mass is 35.5. The molecule has 0 atom stereocenters. The third kappa shape index (κ3) is 5.75. The van der Waals surface area contributed by atoms with E-state index < -0.39 is 15.9 Å². The fraction of sp³-hybridized carbons (Fsp3) is 0.316. The van der Waals surface area contributed by atoms with Crippen LogP contribution in [0.1, 0.15) is 15.9 Å². The Morgan fingerprint density at radius 2 is 1.75 bits per heavy atom. The molecule has 0 radical (unpaired) electrons. The topological polar surface area (TPSA) is 69.7 Å². The molecule has 0 aliphatic heterocycles. The average Bonchev–Trinajstić information content (AvgIpc) is 2.66. The molecule has 2 aromatic rings. The number of benzene rings is 2. The van der Waals surface area contributed by atoms with Crippen LogP contribution in [0.5, 0.6) is 0 Å². The lowest BCUT2D eigenvalue weighted by Gasteiger charge is -2.25. The van der Waals surface area contributed by atoms with Crippen molar-refractivity contribution in [3.05, 3.63) is 64.4 Å². The molecule has 0 saturated heterocycles. The lowest BCUT2D eigenvalue weighted by atomic mass is 10.1. The number of amides is 1. The largest absolute Gasteiger partial charge is 0.333 e. The van der Waals surface area contributed by atoms with Gasteiger partial charge in [0.15, 0.2) is 0 Å². The summed E-state index contributed by atoms with van der Waals surface area (Å²) in [6, 6.07) is 9.87. The van der Waals surface area contributed by atoms with Crippen LogP contribution >= 0.6 is 11.6 Å². The van der Waals surface area contributed by atoms with Crippen LogP contribution in [-0.2, 0) is 16.6 Å². The van der Waals surface area contributed by atoms with Crippen LogP contribution in [-0.4, -0.2) is 58.4 Å². The summed E-state index contributed by atoms with van der Waals surface area (Å²) in [6.45, 7) is 1.23. The zero-order valence-corrected chi connectivity index (χ0v) is 17.5. The Labute approximate surface area is 170 Å². The number of nitrogens with zero attached hydrogens (tertiary/aromatic N) is 2. The summed E-state index contributed by atoms with van der Waals surface area (Å²) in [5, 5.41) is 0.161. The van der Waals surface area contributed by atoms with E-state index in [1.807, 2.05) is 19.0 Å². The fourth-order valence-corrected chi connectivity index (χ4v) is 3.46. The molecule has 1 amide bonds. The van der Waals surface area contributed by atoms with Crippen molar-refractivity contribution in [3.63, 3.8) is 0 Å². The molecule has 2 rings (SSSR count). The number of likely N-dealkylation sites (N-methyl/N-ethyl adjacent to an activating group) is 1. The second-order valence-corrected chi connectivity index (χ2v) is 8.80. The Hall–Kier alpha value is -2.00. The minimum absolute atomic E-state index is 0.0444. The number of hydrogen-bond acceptors (Lipinski definition) is 4. The summed E-state index contributed by atoms with van der Waals surface area (Å²) in [7, 11) is 1.34. The van der Waals surface area contributed by atoms with Gasteiger partial charge in [0, 0.05) is 19.6 Å². The van der Waals surface area contributed by atoms with Gasteiger partial charge >= 0.3 is 0 Å². The van der Waals surface area contributed by atoms with E-state index in [-0.39, 0.29) is 27.8 Å². The molecule has 0 aliphatic rings. The molecule has 28 heavy (non-hydrogen) atoms. The molecule has 0 fully saturated rings. The Morgan fingerprint density at radius 1 is 1.11 bits per heavy atom. The smallest absolute Gasteiger partial charge is 0.255 e. The zero-order chi connectivity index (χ0) is 20.9. The molecule has 0 saturated carbocycles. The predicted octanol–water partition coefficient (Wildman–Crippen LogP) is 2.59. The van der Waals surface area contributed by atoms with Crippen molar-refractivity contribution in [2.45, 2.75) is 11.4 Å². The van der Waals surface area contributed by atoms with E-state index in [4.69, 9.17) is 11.6 Å². The highest BCUT2D eigenvalue weighted by Gasteiger charge is 2.22. The summed E-state index contributed by atoms with van der Waals surface area (Å²) in [6.07, 6.45) is 0. The predicted molar refractivity (Wildman–Crippen MR) is 107 cm³/mol. The van der Waals surface area contributed by atoms with Gasteiger partial charge in [0.05, 0.1) is 15.5 Å². The van der Waals surface area contributed by atoms with Crippen molar-refractivity contribution in [1.29, 1.82) is 0 Å². The molecule has 152 valence electrons. The van der Waals surface area contributed by atoms with Gasteiger partial charge in [-0.1, -0.05) is 23.7 Å². The normalized spacial score (nSPS) is 11.6. The van der Waals surface area contributed by atoms with Crippen LogP contribution in [0.4, 0.5) is 4.39 Å². The Balaban J connectivity index is 2.37. The van der Waals surface area contributed by atoms with Crippen molar-refractivity contribution < 1.29 is 17.6 Å². The molecular formula is C19H23ClFN3O3S. The first-order valence-electron chi connectivity index (χ1n) is 8.55. The van der Waals surface area contributed by atoms with Crippen LogP contribution in [0.15, 0.2) is 47.4 Å². The quantitative estimate of drug-likeness (QED) is 0.703. The Kier molecular flexibility index (Phi) is 7.54. The number of hydrogen-bond donors (Lipinski definition) is 1. The van der Waals surface area contributed by atoms with Crippen LogP contribution in [0, 0.1) is 5.82 Å². The zero-order valence-electron chi connectivity index (χ0n) is 15.9. The summed E-state index contributed by atoms with van der Waals surface area (Å²) in [5.41, 5.74) is 0.850. The third-order valence-electron chi connectivity index (χ3n) is 4.14. The highest BCUT2D eigenvalue weighted by molar-refractivity contribution is 7.89. The second kappa shape index (κ2) is 9.47. The van der Waals surface area contributed by atoms with Crippen molar-refractivity contribution >= 4 is 27.5 Å². The molecule has 9 heteroatoms. The van der Waals surface area contributed by atoms with Crippen molar-refractivity contribution in [2.24, 2.45) is 0 Å². The Bertz CT molecular complexity index is 934. The summed E-state index contributed by atoms with van der Waals surface area (Å²) in [5.74, 6) is -0.757. The molecule has 0 aliphatic carbocycles. The molecule has 0 unspecified atom stereocenters. The van der Waals surface area contributed by atoms with Gasteiger partial charge in [0.1, 0.15) is 5.82 Å². The fourth-order valence-electron chi connectivity index (χ4n) is 2.51. The lowest BCUT2D eigenvalue weighted by molar-refractivity contribution is 0.0732. The molecular weight excluding hydrogens is 405 g/mol. The summed E-state index contributed by atoms with van der Waals surface area (Å²) in [4.78, 5) is 16.6. The Morgan fingerprint density at radius 3 is 2.32 bits per heavy atom. The van der Waals surface area contributed by atoms with Crippen molar-refractivity contribution in [2.75, 3.05) is 34.2 Å². The van der Waals surface area contributed by atoms with E-state index in [1.54, 1.807) is 17.0 Å². The van der Waals surface area contributed by atoms with Gasteiger partial charge in [-0.25, -0.2) is 17.5 Å². The van der Waals surface area contributed by atoms with Gasteiger partial charge in [-0.3, -0.25) is 4.79 Å². The van der Waals surface area contributed by atoms with Gasteiger partial charge in [0.25, 0.3) is 5.91 Å². The maximum atomic E-state index is 13.2. The number of nitrogens with one attached hydrogen (secondary N) is 1. The lowest BCUT2D eigenvalue weighted by Crippen LogP contribution is -2.36. The second-order valence-electron chi connectivity index (χ2n) is 6.51. The molecule has 1 N–H and O–H groups in total. The highest BCUT2D eigenvalue weighted by Crippen LogP contribution is 2.23. The van der Waals surface area contributed by atoms with Crippen LogP contribution in [0.2, 0.25) is 5.02 Å². The van der Waals surface area contributed by atoms with Crippen molar-refractivity contribution in [1.82, 2.24) is 14.5 Å². The maximum absolute atomic E-state index is 13.2. The molecule has 2 aromatic carbocycles. The van der Waals surface area contributed by atoms with Gasteiger partial charge in [-0.05, 0) is 57.0 Å². The minimum Gasteiger partial charge on any atom is -0.333 e. The van der Waals surface area contributed by atoms with E-state index in [9.17, 15) is 17.6 Å². The average molecular weight is 428 g/mol.